The number of likely N-dealkylation sites (N-methyl/N-ethyl adjacent to an activating group) is 1. The van der Waals surface area contributed by atoms with Crippen molar-refractivity contribution in [3.8, 4) is 5.75 Å². The lowest BCUT2D eigenvalue weighted by atomic mass is 10.1. The highest BCUT2D eigenvalue weighted by Crippen LogP contribution is 2.42. The summed E-state index contributed by atoms with van der Waals surface area (Å²) in [6.07, 6.45) is 0.921. The van der Waals surface area contributed by atoms with Gasteiger partial charge in [0.15, 0.2) is 12.2 Å². The summed E-state index contributed by atoms with van der Waals surface area (Å²) in [4.78, 5) is 36.7. The van der Waals surface area contributed by atoms with Gasteiger partial charge in [0.2, 0.25) is 5.96 Å². The fourth-order valence-corrected chi connectivity index (χ4v) is 3.85. The topological polar surface area (TPSA) is 79.7 Å². The maximum atomic E-state index is 13.1. The Kier molecular flexibility index (Phi) is 3.73. The van der Waals surface area contributed by atoms with E-state index in [1.54, 1.807) is 25.2 Å². The predicted octanol–water partition coefficient (Wildman–Crippen LogP) is 1.91. The lowest BCUT2D eigenvalue weighted by molar-refractivity contribution is -0.136. The monoisotopic (exact) mass is 367 g/mol. The molecule has 1 fully saturated rings. The number of allylic oxidation sites excluding steroid dienone is 2. The minimum atomic E-state index is -0.631. The second-order valence-corrected chi connectivity index (χ2v) is 6.78. The van der Waals surface area contributed by atoms with E-state index >= 15 is 0 Å². The van der Waals surface area contributed by atoms with Gasteiger partial charge in [-0.15, -0.1) is 6.58 Å². The minimum absolute atomic E-state index is 0.119. The van der Waals surface area contributed by atoms with Gasteiger partial charge in [-0.1, -0.05) is 18.2 Å². The molecule has 140 valence electrons. The number of guanidine groups is 1. The van der Waals surface area contributed by atoms with Gasteiger partial charge in [-0.25, -0.2) is 9.79 Å². The molecule has 3 heterocycles. The Morgan fingerprint density at radius 2 is 1.93 bits per heavy atom. The van der Waals surface area contributed by atoms with Crippen LogP contribution in [0.25, 0.3) is 0 Å². The van der Waals surface area contributed by atoms with E-state index in [-0.39, 0.29) is 24.2 Å². The molecule has 1 aromatic rings. The molecule has 2 unspecified atom stereocenters. The van der Waals surface area contributed by atoms with Crippen molar-refractivity contribution in [2.24, 2.45) is 4.99 Å². The number of urea groups is 1. The molecule has 0 aromatic heterocycles. The van der Waals surface area contributed by atoms with E-state index in [0.29, 0.717) is 11.6 Å². The van der Waals surface area contributed by atoms with Crippen LogP contribution in [0.15, 0.2) is 53.3 Å². The number of amides is 3. The molecule has 1 N–H and O–H groups in total. The quantitative estimate of drug-likeness (QED) is 0.826. The Morgan fingerprint density at radius 1 is 1.22 bits per heavy atom. The zero-order valence-corrected chi connectivity index (χ0v) is 15.5. The molecule has 3 aliphatic heterocycles. The van der Waals surface area contributed by atoms with Crippen molar-refractivity contribution in [2.75, 3.05) is 18.5 Å². The van der Waals surface area contributed by atoms with Crippen LogP contribution in [0.3, 0.4) is 0 Å². The highest BCUT2D eigenvalue weighted by molar-refractivity contribution is 6.11. The Hall–Kier alpha value is -3.29. The first-order valence-corrected chi connectivity index (χ1v) is 8.70. The molecule has 8 nitrogen and oxygen atoms in total. The molecule has 2 atom stereocenters. The third-order valence-electron chi connectivity index (χ3n) is 5.33. The van der Waals surface area contributed by atoms with Gasteiger partial charge in [-0.2, -0.15) is 0 Å². The largest absolute Gasteiger partial charge is 0.506 e. The van der Waals surface area contributed by atoms with E-state index in [4.69, 9.17) is 4.99 Å². The molecule has 27 heavy (non-hydrogen) atoms. The van der Waals surface area contributed by atoms with E-state index in [9.17, 15) is 14.7 Å². The standard InChI is InChI=1S/C19H21N5O3/c1-5-10-22-17(26)15-16(21(4)19(22)27)20-18-23(11(2)12(3)24(15)18)13-8-6-7-9-14(13)25/h5-9,15-16,25H,1,10H2,2-4H3. The second-order valence-electron chi connectivity index (χ2n) is 6.78. The number of aromatic hydroxyl groups is 1. The number of fused-ring (bicyclic) bond motifs is 3. The molecule has 3 amide bonds. The van der Waals surface area contributed by atoms with Gasteiger partial charge in [0, 0.05) is 25.0 Å². The smallest absolute Gasteiger partial charge is 0.328 e. The summed E-state index contributed by atoms with van der Waals surface area (Å²) < 4.78 is 0. The molecule has 0 radical (unpaired) electrons. The third-order valence-corrected chi connectivity index (χ3v) is 5.33. The SMILES string of the molecule is C=CCN1C(=O)C2C(N=C3N(c4ccccc4O)C(C)=C(C)N32)N(C)C1=O. The summed E-state index contributed by atoms with van der Waals surface area (Å²) in [6, 6.07) is 5.96. The van der Waals surface area contributed by atoms with Crippen molar-refractivity contribution >= 4 is 23.6 Å². The summed E-state index contributed by atoms with van der Waals surface area (Å²) in [5, 5.41) is 10.3. The van der Waals surface area contributed by atoms with Crippen molar-refractivity contribution in [1.82, 2.24) is 14.7 Å². The van der Waals surface area contributed by atoms with Gasteiger partial charge in [0.25, 0.3) is 5.91 Å². The van der Waals surface area contributed by atoms with Crippen LogP contribution in [0.1, 0.15) is 13.8 Å². The number of imide groups is 1. The zero-order chi connectivity index (χ0) is 19.5. The Labute approximate surface area is 157 Å². The predicted molar refractivity (Wildman–Crippen MR) is 101 cm³/mol. The third kappa shape index (κ3) is 2.19. The average molecular weight is 367 g/mol. The van der Waals surface area contributed by atoms with Crippen LogP contribution in [-0.4, -0.2) is 63.5 Å². The number of para-hydroxylation sites is 2. The van der Waals surface area contributed by atoms with Crippen molar-refractivity contribution < 1.29 is 14.7 Å². The van der Waals surface area contributed by atoms with Gasteiger partial charge >= 0.3 is 6.03 Å². The van der Waals surface area contributed by atoms with Crippen LogP contribution < -0.4 is 4.90 Å². The van der Waals surface area contributed by atoms with Crippen LogP contribution in [0.2, 0.25) is 0 Å². The van der Waals surface area contributed by atoms with Gasteiger partial charge in [-0.3, -0.25) is 19.5 Å². The van der Waals surface area contributed by atoms with Crippen LogP contribution >= 0.6 is 0 Å². The Morgan fingerprint density at radius 3 is 2.59 bits per heavy atom. The van der Waals surface area contributed by atoms with Gasteiger partial charge in [0.05, 0.1) is 5.69 Å². The zero-order valence-electron chi connectivity index (χ0n) is 15.5. The number of anilines is 1. The van der Waals surface area contributed by atoms with Crippen LogP contribution in [0, 0.1) is 0 Å². The lowest BCUT2D eigenvalue weighted by Crippen LogP contribution is -2.64. The number of carbonyl (C=O) groups is 2. The van der Waals surface area contributed by atoms with Crippen molar-refractivity contribution in [1.29, 1.82) is 0 Å². The van der Waals surface area contributed by atoms with Gasteiger partial charge < -0.3 is 10.0 Å². The summed E-state index contributed by atoms with van der Waals surface area (Å²) >= 11 is 0. The summed E-state index contributed by atoms with van der Waals surface area (Å²) in [7, 11) is 1.64. The fraction of sp³-hybridized carbons (Fsp3) is 0.316. The molecule has 0 spiro atoms. The molecule has 8 heteroatoms. The van der Waals surface area contributed by atoms with Crippen molar-refractivity contribution in [3.63, 3.8) is 0 Å². The highest BCUT2D eigenvalue weighted by Gasteiger charge is 2.55. The number of rotatable bonds is 3. The number of phenols is 1. The Balaban J connectivity index is 1.81. The number of hydrogen-bond donors (Lipinski definition) is 1. The second kappa shape index (κ2) is 5.87. The first-order valence-electron chi connectivity index (χ1n) is 8.70. The van der Waals surface area contributed by atoms with Crippen LogP contribution in [-0.2, 0) is 4.79 Å². The number of benzene rings is 1. The number of phenolic OH excluding ortho intramolecular Hbond substituents is 1. The van der Waals surface area contributed by atoms with Crippen molar-refractivity contribution in [3.05, 3.63) is 48.3 Å². The molecular formula is C19H21N5O3. The number of nitrogens with zero attached hydrogens (tertiary/aromatic N) is 5. The molecule has 1 aromatic carbocycles. The van der Waals surface area contributed by atoms with E-state index < -0.39 is 12.2 Å². The first kappa shape index (κ1) is 17.1. The number of carbonyl (C=O) groups excluding carboxylic acids is 2. The van der Waals surface area contributed by atoms with Crippen molar-refractivity contribution in [2.45, 2.75) is 26.1 Å². The van der Waals surface area contributed by atoms with E-state index in [1.165, 1.54) is 15.9 Å². The average Bonchev–Trinajstić information content (AvgIpc) is 3.14. The van der Waals surface area contributed by atoms with E-state index in [2.05, 4.69) is 6.58 Å². The lowest BCUT2D eigenvalue weighted by Gasteiger charge is -2.40. The molecular weight excluding hydrogens is 346 g/mol. The number of aliphatic imine (C=N–C) groups is 1. The maximum Gasteiger partial charge on any atom is 0.328 e. The molecule has 0 bridgehead atoms. The fourth-order valence-electron chi connectivity index (χ4n) is 3.85. The van der Waals surface area contributed by atoms with Gasteiger partial charge in [0.1, 0.15) is 5.75 Å². The molecule has 3 aliphatic rings. The Bertz CT molecular complexity index is 922. The molecule has 0 saturated carbocycles. The summed E-state index contributed by atoms with van der Waals surface area (Å²) in [6.45, 7) is 7.62. The molecule has 0 aliphatic carbocycles. The summed E-state index contributed by atoms with van der Waals surface area (Å²) in [5.41, 5.74) is 2.31. The molecule has 1 saturated heterocycles. The highest BCUT2D eigenvalue weighted by atomic mass is 16.3. The first-order chi connectivity index (χ1) is 12.9. The normalized spacial score (nSPS) is 24.5. The number of hydrogen-bond acceptors (Lipinski definition) is 6. The van der Waals surface area contributed by atoms with E-state index in [0.717, 1.165) is 11.4 Å². The van der Waals surface area contributed by atoms with Gasteiger partial charge in [-0.05, 0) is 26.0 Å². The minimum Gasteiger partial charge on any atom is -0.506 e. The maximum absolute atomic E-state index is 13.1. The molecule has 4 rings (SSSR count). The van der Waals surface area contributed by atoms with E-state index in [1.807, 2.05) is 29.7 Å². The van der Waals surface area contributed by atoms with Crippen LogP contribution in [0.5, 0.6) is 5.75 Å². The van der Waals surface area contributed by atoms with Crippen LogP contribution in [0.4, 0.5) is 10.5 Å². The summed E-state index contributed by atoms with van der Waals surface area (Å²) in [5.74, 6) is 0.358.